The second kappa shape index (κ2) is 10.5. The minimum Gasteiger partial charge on any atom is -0.370 e. The summed E-state index contributed by atoms with van der Waals surface area (Å²) in [5, 5.41) is 5.84. The molecule has 0 saturated carbocycles. The van der Waals surface area contributed by atoms with Crippen molar-refractivity contribution in [3.05, 3.63) is 59.1 Å². The molecule has 1 aliphatic heterocycles. The molecule has 0 spiro atoms. The van der Waals surface area contributed by atoms with Crippen molar-refractivity contribution in [2.24, 2.45) is 15.9 Å². The van der Waals surface area contributed by atoms with E-state index in [4.69, 9.17) is 22.5 Å². The summed E-state index contributed by atoms with van der Waals surface area (Å²) >= 11 is 5.94. The van der Waals surface area contributed by atoms with E-state index < -0.39 is 10.0 Å². The van der Waals surface area contributed by atoms with Gasteiger partial charge in [0.1, 0.15) is 0 Å². The van der Waals surface area contributed by atoms with Gasteiger partial charge in [0.15, 0.2) is 5.96 Å². The van der Waals surface area contributed by atoms with Crippen molar-refractivity contribution in [2.75, 3.05) is 37.6 Å². The van der Waals surface area contributed by atoms with Gasteiger partial charge in [0.25, 0.3) is 0 Å². The van der Waals surface area contributed by atoms with Gasteiger partial charge >= 0.3 is 0 Å². The highest BCUT2D eigenvalue weighted by Gasteiger charge is 2.18. The Morgan fingerprint density at radius 1 is 1.00 bits per heavy atom. The van der Waals surface area contributed by atoms with Crippen LogP contribution >= 0.6 is 35.6 Å². The van der Waals surface area contributed by atoms with E-state index in [1.807, 2.05) is 24.3 Å². The molecule has 0 radical (unpaired) electrons. The standard InChI is InChI=1S/C19H24ClN5O2S.HI/c20-16-3-5-17(6-4-16)24-11-13-25(14-12-24)19(21)23-10-9-15-1-7-18(8-2-15)28(22,26)27;/h1-8H,9-14H2,(H2,21,23)(H2,22,26,27);1H. The number of guanidine groups is 1. The summed E-state index contributed by atoms with van der Waals surface area (Å²) in [6.45, 7) is 3.89. The monoisotopic (exact) mass is 549 g/mol. The van der Waals surface area contributed by atoms with Crippen LogP contribution in [0.1, 0.15) is 5.56 Å². The van der Waals surface area contributed by atoms with Gasteiger partial charge in [0, 0.05) is 43.4 Å². The quantitative estimate of drug-likeness (QED) is 0.338. The minimum atomic E-state index is -3.66. The van der Waals surface area contributed by atoms with Gasteiger partial charge in [0.2, 0.25) is 10.0 Å². The van der Waals surface area contributed by atoms with Gasteiger partial charge < -0.3 is 15.5 Å². The van der Waals surface area contributed by atoms with Crippen molar-refractivity contribution in [1.82, 2.24) is 4.90 Å². The van der Waals surface area contributed by atoms with Crippen LogP contribution in [0.4, 0.5) is 5.69 Å². The normalized spacial score (nSPS) is 15.2. The summed E-state index contributed by atoms with van der Waals surface area (Å²) in [5.74, 6) is 0.539. The van der Waals surface area contributed by atoms with Crippen LogP contribution in [0, 0.1) is 0 Å². The van der Waals surface area contributed by atoms with Gasteiger partial charge in [-0.2, -0.15) is 0 Å². The maximum Gasteiger partial charge on any atom is 0.238 e. The van der Waals surface area contributed by atoms with E-state index in [9.17, 15) is 8.42 Å². The number of aliphatic imine (C=N–C) groups is 1. The number of hydrogen-bond acceptors (Lipinski definition) is 4. The SMILES string of the molecule is I.NC(=NCCc1ccc(S(N)(=O)=O)cc1)N1CCN(c2ccc(Cl)cc2)CC1. The molecule has 0 aromatic heterocycles. The zero-order valence-corrected chi connectivity index (χ0v) is 19.8. The summed E-state index contributed by atoms with van der Waals surface area (Å²) in [6.07, 6.45) is 0.677. The first-order valence-corrected chi connectivity index (χ1v) is 10.9. The lowest BCUT2D eigenvalue weighted by atomic mass is 10.1. The molecule has 2 aromatic rings. The highest BCUT2D eigenvalue weighted by atomic mass is 127. The van der Waals surface area contributed by atoms with Crippen LogP contribution in [0.15, 0.2) is 58.4 Å². The van der Waals surface area contributed by atoms with Crippen molar-refractivity contribution in [2.45, 2.75) is 11.3 Å². The van der Waals surface area contributed by atoms with Gasteiger partial charge in [-0.25, -0.2) is 13.6 Å². The number of nitrogens with zero attached hydrogens (tertiary/aromatic N) is 3. The molecule has 0 atom stereocenters. The molecule has 0 unspecified atom stereocenters. The van der Waals surface area contributed by atoms with Gasteiger partial charge in [-0.1, -0.05) is 23.7 Å². The summed E-state index contributed by atoms with van der Waals surface area (Å²) < 4.78 is 22.6. The minimum absolute atomic E-state index is 0. The van der Waals surface area contributed by atoms with Crippen LogP contribution in [-0.2, 0) is 16.4 Å². The molecule has 1 aliphatic rings. The number of sulfonamides is 1. The van der Waals surface area contributed by atoms with Crippen LogP contribution in [-0.4, -0.2) is 52.0 Å². The zero-order valence-electron chi connectivity index (χ0n) is 15.9. The third kappa shape index (κ3) is 6.73. The average molecular weight is 550 g/mol. The molecule has 7 nitrogen and oxygen atoms in total. The van der Waals surface area contributed by atoms with E-state index in [0.717, 1.165) is 42.5 Å². The van der Waals surface area contributed by atoms with E-state index in [1.165, 1.54) is 12.1 Å². The van der Waals surface area contributed by atoms with Crippen LogP contribution < -0.4 is 15.8 Å². The highest BCUT2D eigenvalue weighted by molar-refractivity contribution is 14.0. The van der Waals surface area contributed by atoms with Gasteiger partial charge in [-0.3, -0.25) is 4.99 Å². The Kier molecular flexibility index (Phi) is 8.56. The molecule has 158 valence electrons. The molecule has 0 aliphatic carbocycles. The number of nitrogens with two attached hydrogens (primary N) is 2. The van der Waals surface area contributed by atoms with Gasteiger partial charge in [0.05, 0.1) is 4.90 Å². The fourth-order valence-corrected chi connectivity index (χ4v) is 3.73. The van der Waals surface area contributed by atoms with Crippen molar-refractivity contribution in [1.29, 1.82) is 0 Å². The Balaban J connectivity index is 0.00000300. The van der Waals surface area contributed by atoms with Gasteiger partial charge in [-0.15, -0.1) is 24.0 Å². The number of anilines is 1. The molecule has 1 fully saturated rings. The maximum atomic E-state index is 11.3. The largest absolute Gasteiger partial charge is 0.370 e. The summed E-state index contributed by atoms with van der Waals surface area (Å²) in [6, 6.07) is 14.4. The lowest BCUT2D eigenvalue weighted by molar-refractivity contribution is 0.381. The van der Waals surface area contributed by atoms with E-state index in [1.54, 1.807) is 12.1 Å². The van der Waals surface area contributed by atoms with Crippen LogP contribution in [0.5, 0.6) is 0 Å². The molecular weight excluding hydrogens is 525 g/mol. The summed E-state index contributed by atoms with van der Waals surface area (Å²) in [5.41, 5.74) is 8.28. The van der Waals surface area contributed by atoms with Crippen LogP contribution in [0.3, 0.4) is 0 Å². The number of benzene rings is 2. The van der Waals surface area contributed by atoms with Crippen molar-refractivity contribution >= 4 is 57.2 Å². The molecule has 3 rings (SSSR count). The first-order valence-electron chi connectivity index (χ1n) is 9.00. The third-order valence-electron chi connectivity index (χ3n) is 4.72. The van der Waals surface area contributed by atoms with E-state index in [2.05, 4.69) is 14.8 Å². The Morgan fingerprint density at radius 3 is 2.14 bits per heavy atom. The third-order valence-corrected chi connectivity index (χ3v) is 5.90. The average Bonchev–Trinajstić information content (AvgIpc) is 2.68. The second-order valence-corrected chi connectivity index (χ2v) is 8.63. The molecule has 1 saturated heterocycles. The van der Waals surface area contributed by atoms with Crippen molar-refractivity contribution < 1.29 is 8.42 Å². The predicted octanol–water partition coefficient (Wildman–Crippen LogP) is 2.28. The first kappa shape index (κ1) is 23.7. The molecule has 1 heterocycles. The maximum absolute atomic E-state index is 11.3. The molecular formula is C19H25ClIN5O2S. The fraction of sp³-hybridized carbons (Fsp3) is 0.316. The van der Waals surface area contributed by atoms with E-state index >= 15 is 0 Å². The summed E-state index contributed by atoms with van der Waals surface area (Å²) in [7, 11) is -3.66. The zero-order chi connectivity index (χ0) is 20.1. The molecule has 4 N–H and O–H groups in total. The Hall–Kier alpha value is -1.56. The molecule has 2 aromatic carbocycles. The Bertz CT molecular complexity index is 928. The van der Waals surface area contributed by atoms with Crippen molar-refractivity contribution in [3.8, 4) is 0 Å². The Labute approximate surface area is 193 Å². The number of rotatable bonds is 5. The number of hydrogen-bond donors (Lipinski definition) is 2. The molecule has 29 heavy (non-hydrogen) atoms. The lowest BCUT2D eigenvalue weighted by Crippen LogP contribution is -2.51. The van der Waals surface area contributed by atoms with E-state index in [-0.39, 0.29) is 28.9 Å². The molecule has 10 heteroatoms. The smallest absolute Gasteiger partial charge is 0.238 e. The number of piperazine rings is 1. The number of halogens is 2. The van der Waals surface area contributed by atoms with Crippen molar-refractivity contribution in [3.63, 3.8) is 0 Å². The Morgan fingerprint density at radius 2 is 1.59 bits per heavy atom. The molecule has 0 bridgehead atoms. The second-order valence-electron chi connectivity index (χ2n) is 6.63. The topological polar surface area (TPSA) is 105 Å². The predicted molar refractivity (Wildman–Crippen MR) is 129 cm³/mol. The number of primary sulfonamides is 1. The lowest BCUT2D eigenvalue weighted by Gasteiger charge is -2.36. The molecule has 0 amide bonds. The summed E-state index contributed by atoms with van der Waals surface area (Å²) in [4.78, 5) is 8.95. The van der Waals surface area contributed by atoms with E-state index in [0.29, 0.717) is 18.9 Å². The highest BCUT2D eigenvalue weighted by Crippen LogP contribution is 2.19. The van der Waals surface area contributed by atoms with Gasteiger partial charge in [-0.05, 0) is 48.4 Å². The first-order chi connectivity index (χ1) is 13.3. The van der Waals surface area contributed by atoms with Crippen LogP contribution in [0.25, 0.3) is 0 Å². The fourth-order valence-electron chi connectivity index (χ4n) is 3.09. The van der Waals surface area contributed by atoms with Crippen LogP contribution in [0.2, 0.25) is 5.02 Å².